The Kier molecular flexibility index (Phi) is 7.57. The molecule has 6 heterocycles. The summed E-state index contributed by atoms with van der Waals surface area (Å²) in [5.41, 5.74) is 5.54. The Morgan fingerprint density at radius 1 is 1.04 bits per heavy atom. The minimum atomic E-state index is -0.982. The lowest BCUT2D eigenvalue weighted by Gasteiger charge is -2.17. The molecule has 2 aliphatic heterocycles. The number of rotatable bonds is 8. The number of pyridine rings is 2. The van der Waals surface area contributed by atoms with Crippen molar-refractivity contribution in [1.82, 2.24) is 25.1 Å². The number of hydrogen-bond donors (Lipinski definition) is 1. The Balaban J connectivity index is 1.19. The van der Waals surface area contributed by atoms with Gasteiger partial charge in [0.1, 0.15) is 11.6 Å². The van der Waals surface area contributed by atoms with Crippen molar-refractivity contribution in [2.24, 2.45) is 0 Å². The average molecular weight is 709 g/mol. The van der Waals surface area contributed by atoms with Crippen LogP contribution < -0.4 is 10.1 Å². The van der Waals surface area contributed by atoms with Gasteiger partial charge in [0, 0.05) is 35.7 Å². The van der Waals surface area contributed by atoms with Crippen molar-refractivity contribution in [2.75, 3.05) is 19.0 Å². The van der Waals surface area contributed by atoms with Gasteiger partial charge in [-0.1, -0.05) is 12.1 Å². The van der Waals surface area contributed by atoms with E-state index in [-0.39, 0.29) is 35.4 Å². The number of amides is 1. The van der Waals surface area contributed by atoms with Crippen LogP contribution in [-0.4, -0.2) is 44.6 Å². The predicted molar refractivity (Wildman–Crippen MR) is 185 cm³/mol. The van der Waals surface area contributed by atoms with Crippen molar-refractivity contribution in [1.29, 1.82) is 0 Å². The van der Waals surface area contributed by atoms with Crippen LogP contribution in [0.1, 0.15) is 75.7 Å². The number of thiophene rings is 1. The third kappa shape index (κ3) is 5.16. The van der Waals surface area contributed by atoms with E-state index in [0.717, 1.165) is 44.8 Å². The molecule has 51 heavy (non-hydrogen) atoms. The maximum atomic E-state index is 14.6. The topological polar surface area (TPSA) is 106 Å². The van der Waals surface area contributed by atoms with E-state index in [2.05, 4.69) is 20.5 Å². The van der Waals surface area contributed by atoms with Crippen LogP contribution in [0.2, 0.25) is 0 Å². The van der Waals surface area contributed by atoms with Crippen LogP contribution in [0.15, 0.2) is 53.1 Å². The average Bonchev–Trinajstić information content (AvgIpc) is 3.97. The number of nitrogens with zero attached hydrogens (tertiary/aromatic N) is 5. The Labute approximate surface area is 294 Å². The number of carbonyl (C=O) groups is 1. The summed E-state index contributed by atoms with van der Waals surface area (Å²) in [5, 5.41) is 13.0. The second-order valence-electron chi connectivity index (χ2n) is 13.2. The number of aryl methyl sites for hydroxylation is 3. The standard InChI is InChI=1S/C38H31F3N6O3S/c1-18-45-46-37(50-18)29-26(11-7-19-5-8-21(39)9-6-19)43-33-27-4-3-15-47(27)38(48)31(33)30(29)28-16-20-13-14-42-36(35(20)51-28)44-25-12-10-22-23(25)17-24(40)32(41)34(22)49-2/h5-6,8-9,13-14,16-17,25,27H,3-4,7,10-12,15H2,1-2H3,(H,42,44)/t25-,27+/m0/s1. The Morgan fingerprint density at radius 3 is 2.67 bits per heavy atom. The molecule has 0 bridgehead atoms. The lowest BCUT2D eigenvalue weighted by molar-refractivity contribution is 0.0776. The van der Waals surface area contributed by atoms with Crippen LogP contribution in [0.5, 0.6) is 5.75 Å². The van der Waals surface area contributed by atoms with Gasteiger partial charge in [0.05, 0.1) is 46.4 Å². The van der Waals surface area contributed by atoms with E-state index in [9.17, 15) is 18.0 Å². The van der Waals surface area contributed by atoms with Crippen LogP contribution in [0.25, 0.3) is 32.0 Å². The van der Waals surface area contributed by atoms with Crippen molar-refractivity contribution < 1.29 is 27.1 Å². The number of carbonyl (C=O) groups excluding carboxylic acids is 1. The predicted octanol–water partition coefficient (Wildman–Crippen LogP) is 8.32. The van der Waals surface area contributed by atoms with Crippen LogP contribution in [-0.2, 0) is 19.3 Å². The summed E-state index contributed by atoms with van der Waals surface area (Å²) in [6.07, 6.45) is 5.63. The summed E-state index contributed by atoms with van der Waals surface area (Å²) in [5.74, 6) is -1.13. The molecule has 1 N–H and O–H groups in total. The van der Waals surface area contributed by atoms with Crippen LogP contribution in [0.3, 0.4) is 0 Å². The first-order valence-corrected chi connectivity index (χ1v) is 17.7. The quantitative estimate of drug-likeness (QED) is 0.168. The highest BCUT2D eigenvalue weighted by Gasteiger charge is 2.45. The monoisotopic (exact) mass is 708 g/mol. The number of anilines is 1. The van der Waals surface area contributed by atoms with Gasteiger partial charge in [0.2, 0.25) is 17.6 Å². The van der Waals surface area contributed by atoms with Crippen LogP contribution >= 0.6 is 11.3 Å². The smallest absolute Gasteiger partial charge is 0.257 e. The number of hydrogen-bond acceptors (Lipinski definition) is 9. The molecule has 4 aromatic heterocycles. The lowest BCUT2D eigenvalue weighted by Crippen LogP contribution is -2.22. The summed E-state index contributed by atoms with van der Waals surface area (Å²) in [4.78, 5) is 26.8. The third-order valence-corrected chi connectivity index (χ3v) is 11.4. The van der Waals surface area contributed by atoms with E-state index in [1.807, 2.05) is 17.0 Å². The molecule has 9 nitrogen and oxygen atoms in total. The number of aromatic nitrogens is 4. The van der Waals surface area contributed by atoms with E-state index in [4.69, 9.17) is 14.1 Å². The van der Waals surface area contributed by atoms with Gasteiger partial charge >= 0.3 is 0 Å². The highest BCUT2D eigenvalue weighted by molar-refractivity contribution is 7.23. The van der Waals surface area contributed by atoms with E-state index in [0.29, 0.717) is 71.8 Å². The van der Waals surface area contributed by atoms with Gasteiger partial charge in [-0.05, 0) is 85.4 Å². The Morgan fingerprint density at radius 2 is 1.88 bits per heavy atom. The number of methoxy groups -OCH3 is 1. The highest BCUT2D eigenvalue weighted by Crippen LogP contribution is 2.51. The second-order valence-corrected chi connectivity index (χ2v) is 14.2. The van der Waals surface area contributed by atoms with E-state index >= 15 is 0 Å². The van der Waals surface area contributed by atoms with Crippen LogP contribution in [0, 0.1) is 24.4 Å². The molecule has 6 aromatic rings. The summed E-state index contributed by atoms with van der Waals surface area (Å²) in [6, 6.07) is 11.2. The first kappa shape index (κ1) is 31.7. The van der Waals surface area contributed by atoms with Gasteiger partial charge in [-0.3, -0.25) is 9.78 Å². The molecular formula is C38H31F3N6O3S. The fourth-order valence-electron chi connectivity index (χ4n) is 7.91. The van der Waals surface area contributed by atoms with Gasteiger partial charge in [-0.15, -0.1) is 21.5 Å². The number of benzene rings is 2. The summed E-state index contributed by atoms with van der Waals surface area (Å²) < 4.78 is 55.0. The van der Waals surface area contributed by atoms with Crippen molar-refractivity contribution in [3.05, 3.63) is 106 Å². The molecule has 1 aliphatic carbocycles. The summed E-state index contributed by atoms with van der Waals surface area (Å²) in [6.45, 7) is 2.37. The number of nitrogens with one attached hydrogen (secondary N) is 1. The molecule has 1 amide bonds. The van der Waals surface area contributed by atoms with Crippen molar-refractivity contribution in [2.45, 2.75) is 57.5 Å². The van der Waals surface area contributed by atoms with Gasteiger partial charge in [-0.25, -0.2) is 13.8 Å². The molecule has 1 saturated heterocycles. The Bertz CT molecular complexity index is 2380. The molecule has 258 valence electrons. The van der Waals surface area contributed by atoms with Gasteiger partial charge in [-0.2, -0.15) is 4.39 Å². The molecule has 3 aliphatic rings. The molecular weight excluding hydrogens is 678 g/mol. The third-order valence-electron chi connectivity index (χ3n) is 10.2. The maximum absolute atomic E-state index is 14.6. The second kappa shape index (κ2) is 12.2. The fraction of sp³-hybridized carbons (Fsp3) is 0.289. The maximum Gasteiger partial charge on any atom is 0.257 e. The summed E-state index contributed by atoms with van der Waals surface area (Å²) >= 11 is 1.48. The minimum Gasteiger partial charge on any atom is -0.493 e. The minimum absolute atomic E-state index is 0.0605. The largest absolute Gasteiger partial charge is 0.493 e. The van der Waals surface area contributed by atoms with Gasteiger partial charge < -0.3 is 19.4 Å². The summed E-state index contributed by atoms with van der Waals surface area (Å²) in [7, 11) is 1.34. The molecule has 1 fully saturated rings. The zero-order chi connectivity index (χ0) is 35.0. The molecule has 0 unspecified atom stereocenters. The normalized spacial score (nSPS) is 17.7. The van der Waals surface area contributed by atoms with Gasteiger partial charge in [0.25, 0.3) is 5.91 Å². The van der Waals surface area contributed by atoms with Crippen LogP contribution in [0.4, 0.5) is 19.0 Å². The molecule has 2 atom stereocenters. The van der Waals surface area contributed by atoms with Gasteiger partial charge in [0.15, 0.2) is 11.6 Å². The first-order valence-electron chi connectivity index (χ1n) is 16.9. The lowest BCUT2D eigenvalue weighted by atomic mass is 9.93. The Hall–Kier alpha value is -5.30. The van der Waals surface area contributed by atoms with Crippen molar-refractivity contribution in [3.8, 4) is 27.6 Å². The SMILES string of the molecule is COc1c(F)c(F)cc2c1CC[C@@H]2Nc1nccc2cc(-c3c4c(nc(CCc5ccc(F)cc5)c3-c3nnc(C)o3)[C@H]3CCCN3C4=O)sc12. The van der Waals surface area contributed by atoms with E-state index in [1.54, 1.807) is 25.3 Å². The molecule has 0 saturated carbocycles. The van der Waals surface area contributed by atoms with Crippen molar-refractivity contribution in [3.63, 3.8) is 0 Å². The van der Waals surface area contributed by atoms with Crippen molar-refractivity contribution >= 4 is 33.1 Å². The fourth-order valence-corrected chi connectivity index (χ4v) is 9.07. The van der Waals surface area contributed by atoms with E-state index in [1.165, 1.54) is 36.6 Å². The highest BCUT2D eigenvalue weighted by atomic mass is 32.1. The molecule has 0 spiro atoms. The number of halogens is 3. The molecule has 2 aromatic carbocycles. The molecule has 0 radical (unpaired) electrons. The first-order chi connectivity index (χ1) is 24.8. The molecule has 9 rings (SSSR count). The zero-order valence-corrected chi connectivity index (χ0v) is 28.5. The zero-order valence-electron chi connectivity index (χ0n) is 27.7. The number of fused-ring (bicyclic) bond motifs is 5. The molecule has 13 heteroatoms. The van der Waals surface area contributed by atoms with E-state index < -0.39 is 11.6 Å². The number of ether oxygens (including phenoxy) is 1.